The van der Waals surface area contributed by atoms with Crippen molar-refractivity contribution in [1.29, 1.82) is 0 Å². The van der Waals surface area contributed by atoms with Gasteiger partial charge in [0.05, 0.1) is 24.6 Å². The van der Waals surface area contributed by atoms with E-state index in [1.807, 2.05) is 20.8 Å². The highest BCUT2D eigenvalue weighted by atomic mass is 16.5. The number of Topliss-reactive ketones (excluding diaryl/α,β-unsaturated/α-hetero) is 1. The molecule has 0 amide bonds. The van der Waals surface area contributed by atoms with Crippen LogP contribution in [0.1, 0.15) is 52.9 Å². The summed E-state index contributed by atoms with van der Waals surface area (Å²) in [6.45, 7) is 5.84. The van der Waals surface area contributed by atoms with Gasteiger partial charge in [-0.1, -0.05) is 0 Å². The van der Waals surface area contributed by atoms with Gasteiger partial charge in [0.1, 0.15) is 5.76 Å². The molecule has 0 atom stereocenters. The molecule has 1 rings (SSSR count). The Hall–Kier alpha value is -1.65. The number of hydrogen-bond acceptors (Lipinski definition) is 5. The van der Waals surface area contributed by atoms with Crippen LogP contribution in [0.15, 0.2) is 16.3 Å². The second-order valence-corrected chi connectivity index (χ2v) is 5.90. The van der Waals surface area contributed by atoms with E-state index in [4.69, 9.17) is 0 Å². The monoisotopic (exact) mass is 281 g/mol. The topological polar surface area (TPSA) is 76.0 Å². The van der Waals surface area contributed by atoms with E-state index in [2.05, 4.69) is 9.73 Å². The van der Waals surface area contributed by atoms with Crippen LogP contribution in [-0.4, -0.2) is 35.2 Å². The van der Waals surface area contributed by atoms with Crippen molar-refractivity contribution in [3.8, 4) is 0 Å². The molecular weight excluding hydrogens is 258 g/mol. The predicted molar refractivity (Wildman–Crippen MR) is 77.0 cm³/mol. The molecule has 1 fully saturated rings. The Labute approximate surface area is 119 Å². The third kappa shape index (κ3) is 4.79. The molecule has 0 aromatic rings. The third-order valence-electron chi connectivity index (χ3n) is 2.94. The molecule has 0 unspecified atom stereocenters. The number of nitrogens with zero attached hydrogens (tertiary/aromatic N) is 1. The van der Waals surface area contributed by atoms with Gasteiger partial charge in [-0.05, 0) is 33.6 Å². The number of ketones is 1. The molecule has 0 heterocycles. The maximum absolute atomic E-state index is 12.0. The van der Waals surface area contributed by atoms with E-state index >= 15 is 0 Å². The molecule has 0 aromatic carbocycles. The van der Waals surface area contributed by atoms with E-state index in [0.717, 1.165) is 6.42 Å². The van der Waals surface area contributed by atoms with Gasteiger partial charge < -0.3 is 9.84 Å². The quantitative estimate of drug-likeness (QED) is 0.490. The molecular formula is C15H23NO4. The smallest absolute Gasteiger partial charge is 0.305 e. The first kappa shape index (κ1) is 16.4. The minimum Gasteiger partial charge on any atom is -0.511 e. The second kappa shape index (κ2) is 6.68. The number of ether oxygens (including phenoxy) is 1. The van der Waals surface area contributed by atoms with Crippen LogP contribution in [0.2, 0.25) is 0 Å². The number of hydrogen-bond donors (Lipinski definition) is 1. The van der Waals surface area contributed by atoms with Gasteiger partial charge in [-0.25, -0.2) is 0 Å². The van der Waals surface area contributed by atoms with Gasteiger partial charge in [-0.15, -0.1) is 0 Å². The van der Waals surface area contributed by atoms with Crippen molar-refractivity contribution in [2.75, 3.05) is 7.11 Å². The minimum absolute atomic E-state index is 0.0527. The number of allylic oxidation sites excluding steroid dienone is 2. The van der Waals surface area contributed by atoms with Gasteiger partial charge in [-0.3, -0.25) is 14.6 Å². The minimum atomic E-state index is -0.408. The zero-order valence-electron chi connectivity index (χ0n) is 12.7. The Morgan fingerprint density at radius 2 is 1.95 bits per heavy atom. The number of rotatable bonds is 3. The largest absolute Gasteiger partial charge is 0.511 e. The Kier molecular flexibility index (Phi) is 5.48. The highest BCUT2D eigenvalue weighted by Crippen LogP contribution is 2.24. The number of aliphatic hydroxyl groups excluding tert-OH is 1. The fraction of sp³-hybridized carbons (Fsp3) is 0.667. The van der Waals surface area contributed by atoms with Gasteiger partial charge in [0.15, 0.2) is 5.78 Å². The Morgan fingerprint density at radius 1 is 1.30 bits per heavy atom. The summed E-state index contributed by atoms with van der Waals surface area (Å²) in [4.78, 5) is 27.7. The number of esters is 1. The fourth-order valence-electron chi connectivity index (χ4n) is 2.12. The summed E-state index contributed by atoms with van der Waals surface area (Å²) in [5, 5.41) is 10.1. The van der Waals surface area contributed by atoms with E-state index in [1.165, 1.54) is 7.11 Å². The summed E-state index contributed by atoms with van der Waals surface area (Å²) in [7, 11) is 1.30. The fourth-order valence-corrected chi connectivity index (χ4v) is 2.12. The van der Waals surface area contributed by atoms with Crippen LogP contribution in [-0.2, 0) is 14.3 Å². The number of carbonyl (C=O) groups excluding carboxylic acids is 2. The van der Waals surface area contributed by atoms with E-state index in [0.29, 0.717) is 24.1 Å². The molecule has 112 valence electrons. The number of methoxy groups -OCH3 is 1. The molecule has 1 aliphatic rings. The lowest BCUT2D eigenvalue weighted by molar-refractivity contribution is -0.140. The standard InChI is InChI=1S/C15H23NO4/c1-15(2,3)16-10-6-5-7-11(17)14(10)12(18)8-9-13(19)20-4/h18H,5-9H2,1-4H3/b14-12+,16-10?. The van der Waals surface area contributed by atoms with Crippen molar-refractivity contribution in [3.05, 3.63) is 11.3 Å². The Morgan fingerprint density at radius 3 is 2.50 bits per heavy atom. The van der Waals surface area contributed by atoms with E-state index in [9.17, 15) is 14.7 Å². The van der Waals surface area contributed by atoms with Crippen molar-refractivity contribution in [3.63, 3.8) is 0 Å². The maximum atomic E-state index is 12.0. The van der Waals surface area contributed by atoms with Crippen LogP contribution in [0.5, 0.6) is 0 Å². The number of aliphatic hydroxyl groups is 1. The summed E-state index contributed by atoms with van der Waals surface area (Å²) in [6, 6.07) is 0. The van der Waals surface area contributed by atoms with Gasteiger partial charge in [0.25, 0.3) is 0 Å². The summed E-state index contributed by atoms with van der Waals surface area (Å²) in [6.07, 6.45) is 2.02. The van der Waals surface area contributed by atoms with E-state index in [-0.39, 0.29) is 29.9 Å². The molecule has 0 saturated heterocycles. The molecule has 1 N–H and O–H groups in total. The van der Waals surface area contributed by atoms with Gasteiger partial charge in [0, 0.05) is 18.6 Å². The SMILES string of the molecule is COC(=O)CC/C(O)=C1\C(=O)CCCC1=NC(C)(C)C. The van der Waals surface area contributed by atoms with Gasteiger partial charge in [0.2, 0.25) is 0 Å². The zero-order valence-corrected chi connectivity index (χ0v) is 12.7. The molecule has 0 bridgehead atoms. The molecule has 0 aromatic heterocycles. The van der Waals surface area contributed by atoms with Crippen LogP contribution in [0, 0.1) is 0 Å². The van der Waals surface area contributed by atoms with Gasteiger partial charge in [-0.2, -0.15) is 0 Å². The Bertz CT molecular complexity index is 455. The van der Waals surface area contributed by atoms with Crippen LogP contribution < -0.4 is 0 Å². The third-order valence-corrected chi connectivity index (χ3v) is 2.94. The molecule has 1 saturated carbocycles. The van der Waals surface area contributed by atoms with Crippen LogP contribution in [0.25, 0.3) is 0 Å². The summed E-state index contributed by atoms with van der Waals surface area (Å²) in [5.41, 5.74) is 0.645. The Balaban J connectivity index is 3.02. The molecule has 1 aliphatic carbocycles. The molecule has 20 heavy (non-hydrogen) atoms. The van der Waals surface area contributed by atoms with Crippen molar-refractivity contribution in [2.45, 2.75) is 58.4 Å². The lowest BCUT2D eigenvalue weighted by Crippen LogP contribution is -2.25. The number of aliphatic imine (C=N–C) groups is 1. The molecule has 5 heteroatoms. The van der Waals surface area contributed by atoms with Gasteiger partial charge >= 0.3 is 5.97 Å². The average Bonchev–Trinajstić information content (AvgIpc) is 2.33. The van der Waals surface area contributed by atoms with E-state index < -0.39 is 5.97 Å². The maximum Gasteiger partial charge on any atom is 0.305 e. The first-order valence-electron chi connectivity index (χ1n) is 6.86. The molecule has 5 nitrogen and oxygen atoms in total. The van der Waals surface area contributed by atoms with Crippen LogP contribution in [0.3, 0.4) is 0 Å². The summed E-state index contributed by atoms with van der Waals surface area (Å²) in [5.74, 6) is -0.556. The molecule has 0 aliphatic heterocycles. The first-order valence-corrected chi connectivity index (χ1v) is 6.86. The highest BCUT2D eigenvalue weighted by Gasteiger charge is 2.27. The summed E-state index contributed by atoms with van der Waals surface area (Å²) < 4.78 is 4.53. The van der Waals surface area contributed by atoms with Crippen molar-refractivity contribution in [2.24, 2.45) is 4.99 Å². The molecule has 0 radical (unpaired) electrons. The summed E-state index contributed by atoms with van der Waals surface area (Å²) >= 11 is 0. The van der Waals surface area contributed by atoms with Crippen molar-refractivity contribution >= 4 is 17.5 Å². The van der Waals surface area contributed by atoms with Crippen molar-refractivity contribution in [1.82, 2.24) is 0 Å². The average molecular weight is 281 g/mol. The molecule has 0 spiro atoms. The zero-order chi connectivity index (χ0) is 15.3. The van der Waals surface area contributed by atoms with E-state index in [1.54, 1.807) is 0 Å². The first-order chi connectivity index (χ1) is 9.24. The second-order valence-electron chi connectivity index (χ2n) is 5.90. The predicted octanol–water partition coefficient (Wildman–Crippen LogP) is 2.74. The van der Waals surface area contributed by atoms with Crippen molar-refractivity contribution < 1.29 is 19.4 Å². The lowest BCUT2D eigenvalue weighted by Gasteiger charge is -2.22. The normalized spacial score (nSPS) is 21.0. The van der Waals surface area contributed by atoms with Crippen LogP contribution >= 0.6 is 0 Å². The van der Waals surface area contributed by atoms with Crippen LogP contribution in [0.4, 0.5) is 0 Å². The number of carbonyl (C=O) groups is 2. The highest BCUT2D eigenvalue weighted by molar-refractivity contribution is 6.24. The lowest BCUT2D eigenvalue weighted by atomic mass is 9.89.